The van der Waals surface area contributed by atoms with E-state index in [1.165, 1.54) is 0 Å². The largest absolute Gasteiger partial charge is 0.398 e. The number of nitrogen functional groups attached to an aromatic ring is 1. The van der Waals surface area contributed by atoms with Gasteiger partial charge in [0.05, 0.1) is 6.61 Å². The lowest BCUT2D eigenvalue weighted by Crippen LogP contribution is -2.34. The maximum Gasteiger partial charge on any atom is 0.0501 e. The van der Waals surface area contributed by atoms with Crippen molar-refractivity contribution >= 4 is 21.6 Å². The van der Waals surface area contributed by atoms with Gasteiger partial charge >= 0.3 is 0 Å². The Morgan fingerprint density at radius 2 is 2.06 bits per heavy atom. The van der Waals surface area contributed by atoms with Crippen LogP contribution < -0.4 is 11.5 Å². The van der Waals surface area contributed by atoms with E-state index in [1.54, 1.807) is 0 Å². The monoisotopic (exact) mass is 286 g/mol. The summed E-state index contributed by atoms with van der Waals surface area (Å²) in [6.45, 7) is 3.95. The number of rotatable bonds is 4. The zero-order valence-electron chi connectivity index (χ0n) is 9.70. The number of halogens is 1. The van der Waals surface area contributed by atoms with Crippen LogP contribution in [-0.4, -0.2) is 17.3 Å². The number of nitrogens with two attached hydrogens (primary N) is 2. The number of aliphatic hydroxyl groups is 1. The molecule has 0 bridgehead atoms. The summed E-state index contributed by atoms with van der Waals surface area (Å²) in [5.74, 6) is -0.0162. The van der Waals surface area contributed by atoms with Crippen molar-refractivity contribution in [3.63, 3.8) is 0 Å². The molecule has 1 aromatic rings. The molecule has 0 amide bonds. The predicted octanol–water partition coefficient (Wildman–Crippen LogP) is 2.23. The van der Waals surface area contributed by atoms with Crippen molar-refractivity contribution in [2.45, 2.75) is 31.7 Å². The topological polar surface area (TPSA) is 72.3 Å². The van der Waals surface area contributed by atoms with Crippen LogP contribution in [0.4, 0.5) is 5.69 Å². The van der Waals surface area contributed by atoms with Gasteiger partial charge in [-0.3, -0.25) is 0 Å². The number of anilines is 1. The van der Waals surface area contributed by atoms with Crippen LogP contribution in [0.15, 0.2) is 22.7 Å². The van der Waals surface area contributed by atoms with Gasteiger partial charge in [0.1, 0.15) is 0 Å². The van der Waals surface area contributed by atoms with Crippen molar-refractivity contribution in [1.82, 2.24) is 0 Å². The number of hydrogen-bond donors (Lipinski definition) is 3. The Labute approximate surface area is 105 Å². The summed E-state index contributed by atoms with van der Waals surface area (Å²) in [6, 6.07) is 5.68. The van der Waals surface area contributed by atoms with Crippen LogP contribution in [0.3, 0.4) is 0 Å². The fourth-order valence-corrected chi connectivity index (χ4v) is 2.19. The summed E-state index contributed by atoms with van der Waals surface area (Å²) < 4.78 is 0.963. The highest BCUT2D eigenvalue weighted by atomic mass is 79.9. The van der Waals surface area contributed by atoms with E-state index in [2.05, 4.69) is 15.9 Å². The van der Waals surface area contributed by atoms with Crippen molar-refractivity contribution in [1.29, 1.82) is 0 Å². The molecule has 0 aliphatic heterocycles. The number of hydrogen-bond acceptors (Lipinski definition) is 3. The number of aliphatic hydroxyl groups excluding tert-OH is 1. The van der Waals surface area contributed by atoms with Gasteiger partial charge in [-0.2, -0.15) is 0 Å². The molecule has 1 unspecified atom stereocenters. The van der Waals surface area contributed by atoms with Gasteiger partial charge in [0.15, 0.2) is 0 Å². The summed E-state index contributed by atoms with van der Waals surface area (Å²) in [6.07, 6.45) is 0.699. The zero-order chi connectivity index (χ0) is 12.3. The smallest absolute Gasteiger partial charge is 0.0501 e. The van der Waals surface area contributed by atoms with Crippen LogP contribution >= 0.6 is 15.9 Å². The van der Waals surface area contributed by atoms with Crippen LogP contribution in [0.2, 0.25) is 0 Å². The maximum atomic E-state index is 9.43. The Hall–Kier alpha value is -0.580. The molecule has 1 aromatic carbocycles. The predicted molar refractivity (Wildman–Crippen MR) is 71.3 cm³/mol. The third-order valence-electron chi connectivity index (χ3n) is 2.48. The normalized spacial score (nSPS) is 13.8. The molecule has 5 N–H and O–H groups in total. The highest BCUT2D eigenvalue weighted by Gasteiger charge is 2.21. The maximum absolute atomic E-state index is 9.43. The van der Waals surface area contributed by atoms with Crippen LogP contribution in [-0.2, 0) is 0 Å². The third kappa shape index (κ3) is 3.77. The second-order valence-corrected chi connectivity index (χ2v) is 5.76. The van der Waals surface area contributed by atoms with E-state index >= 15 is 0 Å². The molecule has 0 heterocycles. The summed E-state index contributed by atoms with van der Waals surface area (Å²) in [4.78, 5) is 0. The molecule has 0 spiro atoms. The Morgan fingerprint density at radius 3 is 2.56 bits per heavy atom. The first-order valence-electron chi connectivity index (χ1n) is 5.28. The molecule has 90 valence electrons. The van der Waals surface area contributed by atoms with Crippen molar-refractivity contribution in [3.05, 3.63) is 28.2 Å². The third-order valence-corrected chi connectivity index (χ3v) is 2.97. The molecule has 16 heavy (non-hydrogen) atoms. The quantitative estimate of drug-likeness (QED) is 0.744. The molecule has 0 fully saturated rings. The Morgan fingerprint density at radius 1 is 1.44 bits per heavy atom. The molecule has 0 aliphatic rings. The van der Waals surface area contributed by atoms with Gasteiger partial charge in [0.2, 0.25) is 0 Å². The van der Waals surface area contributed by atoms with Crippen LogP contribution in [0.25, 0.3) is 0 Å². The molecular formula is C12H19BrN2O. The zero-order valence-corrected chi connectivity index (χ0v) is 11.3. The van der Waals surface area contributed by atoms with Crippen molar-refractivity contribution < 1.29 is 5.11 Å². The van der Waals surface area contributed by atoms with E-state index < -0.39 is 0 Å². The Bertz CT molecular complexity index is 361. The Kier molecular flexibility index (Phi) is 4.35. The molecule has 1 rings (SSSR count). The SMILES string of the molecule is CC(C)(N)CC(CO)c1cc(Br)ccc1N. The summed E-state index contributed by atoms with van der Waals surface area (Å²) >= 11 is 3.40. The molecule has 0 radical (unpaired) electrons. The first-order valence-corrected chi connectivity index (χ1v) is 6.07. The van der Waals surface area contributed by atoms with Gasteiger partial charge in [0, 0.05) is 21.6 Å². The highest BCUT2D eigenvalue weighted by Crippen LogP contribution is 2.30. The molecule has 0 aliphatic carbocycles. The molecule has 0 aromatic heterocycles. The minimum absolute atomic E-state index is 0.0162. The van der Waals surface area contributed by atoms with E-state index in [4.69, 9.17) is 11.5 Å². The lowest BCUT2D eigenvalue weighted by Gasteiger charge is -2.26. The van der Waals surface area contributed by atoms with Gasteiger partial charge in [-0.1, -0.05) is 15.9 Å². The highest BCUT2D eigenvalue weighted by molar-refractivity contribution is 9.10. The average Bonchev–Trinajstić information content (AvgIpc) is 2.17. The van der Waals surface area contributed by atoms with Crippen molar-refractivity contribution in [2.24, 2.45) is 5.73 Å². The molecule has 1 atom stereocenters. The second kappa shape index (κ2) is 5.17. The molecule has 0 saturated carbocycles. The van der Waals surface area contributed by atoms with Crippen molar-refractivity contribution in [2.75, 3.05) is 12.3 Å². The summed E-state index contributed by atoms with van der Waals surface area (Å²) in [7, 11) is 0. The van der Waals surface area contributed by atoms with Gasteiger partial charge < -0.3 is 16.6 Å². The van der Waals surface area contributed by atoms with Crippen LogP contribution in [0, 0.1) is 0 Å². The van der Waals surface area contributed by atoms with E-state index in [9.17, 15) is 5.11 Å². The van der Waals surface area contributed by atoms with Gasteiger partial charge in [-0.05, 0) is 44.0 Å². The van der Waals surface area contributed by atoms with Crippen LogP contribution in [0.1, 0.15) is 31.7 Å². The molecular weight excluding hydrogens is 268 g/mol. The molecule has 0 saturated heterocycles. The first kappa shape index (κ1) is 13.5. The lowest BCUT2D eigenvalue weighted by molar-refractivity contribution is 0.241. The standard InChI is InChI=1S/C12H19BrN2O/c1-12(2,15)6-8(7-16)10-5-9(13)3-4-11(10)14/h3-5,8,16H,6-7,14-15H2,1-2H3. The van der Waals surface area contributed by atoms with E-state index in [1.807, 2.05) is 32.0 Å². The van der Waals surface area contributed by atoms with E-state index in [0.717, 1.165) is 10.0 Å². The number of benzene rings is 1. The average molecular weight is 287 g/mol. The minimum Gasteiger partial charge on any atom is -0.398 e. The van der Waals surface area contributed by atoms with Crippen molar-refractivity contribution in [3.8, 4) is 0 Å². The van der Waals surface area contributed by atoms with E-state index in [0.29, 0.717) is 12.1 Å². The fraction of sp³-hybridized carbons (Fsp3) is 0.500. The summed E-state index contributed by atoms with van der Waals surface area (Å²) in [5.41, 5.74) is 13.2. The molecule has 3 nitrogen and oxygen atoms in total. The first-order chi connectivity index (χ1) is 7.33. The Balaban J connectivity index is 2.99. The minimum atomic E-state index is -0.317. The lowest BCUT2D eigenvalue weighted by atomic mass is 9.86. The van der Waals surface area contributed by atoms with E-state index in [-0.39, 0.29) is 18.1 Å². The van der Waals surface area contributed by atoms with Gasteiger partial charge in [-0.15, -0.1) is 0 Å². The second-order valence-electron chi connectivity index (χ2n) is 4.85. The van der Waals surface area contributed by atoms with Crippen LogP contribution in [0.5, 0.6) is 0 Å². The van der Waals surface area contributed by atoms with Gasteiger partial charge in [-0.25, -0.2) is 0 Å². The molecule has 4 heteroatoms. The summed E-state index contributed by atoms with van der Waals surface area (Å²) in [5, 5.41) is 9.43. The fourth-order valence-electron chi connectivity index (χ4n) is 1.81. The van der Waals surface area contributed by atoms with Gasteiger partial charge in [0.25, 0.3) is 0 Å².